The van der Waals surface area contributed by atoms with Crippen LogP contribution in [0.25, 0.3) is 0 Å². The number of aliphatic carboxylic acids is 1. The third-order valence-electron chi connectivity index (χ3n) is 1.77. The molecule has 0 amide bonds. The fourth-order valence-corrected chi connectivity index (χ4v) is 2.74. The number of halogens is 2. The molecule has 0 aromatic heterocycles. The molecule has 1 aromatic rings. The van der Waals surface area contributed by atoms with Crippen molar-refractivity contribution in [2.75, 3.05) is 0 Å². The van der Waals surface area contributed by atoms with E-state index in [0.29, 0.717) is 0 Å². The zero-order valence-electron chi connectivity index (χ0n) is 7.21. The van der Waals surface area contributed by atoms with Gasteiger partial charge in [-0.1, -0.05) is 37.9 Å². The van der Waals surface area contributed by atoms with Gasteiger partial charge in [-0.05, 0) is 17.7 Å². The summed E-state index contributed by atoms with van der Waals surface area (Å²) in [7, 11) is 0. The topological polar surface area (TPSA) is 63.3 Å². The molecule has 0 spiro atoms. The number of nitrogens with two attached hydrogens (primary N) is 1. The van der Waals surface area contributed by atoms with Crippen molar-refractivity contribution in [3.63, 3.8) is 0 Å². The minimum atomic E-state index is -0.903. The Morgan fingerprint density at radius 2 is 1.93 bits per heavy atom. The van der Waals surface area contributed by atoms with Crippen LogP contribution in [0, 0.1) is 0 Å². The first-order valence-corrected chi connectivity index (χ1v) is 5.52. The quantitative estimate of drug-likeness (QED) is 0.899. The lowest BCUT2D eigenvalue weighted by atomic mass is 10.1. The van der Waals surface area contributed by atoms with Gasteiger partial charge in [0.2, 0.25) is 0 Å². The summed E-state index contributed by atoms with van der Waals surface area (Å²) in [5, 5.41) is 8.62. The Kier molecular flexibility index (Phi) is 4.10. The molecule has 0 aliphatic heterocycles. The van der Waals surface area contributed by atoms with E-state index < -0.39 is 12.0 Å². The highest BCUT2D eigenvalue weighted by atomic mass is 79.9. The van der Waals surface area contributed by atoms with E-state index in [9.17, 15) is 4.79 Å². The van der Waals surface area contributed by atoms with Crippen LogP contribution in [-0.2, 0) is 4.79 Å². The summed E-state index contributed by atoms with van der Waals surface area (Å²) < 4.78 is 1.64. The molecule has 0 radical (unpaired) electrons. The molecule has 0 fully saturated rings. The summed E-state index contributed by atoms with van der Waals surface area (Å²) >= 11 is 6.67. The van der Waals surface area contributed by atoms with Gasteiger partial charge in [-0.25, -0.2) is 0 Å². The third kappa shape index (κ3) is 2.80. The lowest BCUT2D eigenvalue weighted by molar-refractivity contribution is -0.137. The van der Waals surface area contributed by atoms with Gasteiger partial charge in [0, 0.05) is 15.0 Å². The summed E-state index contributed by atoms with van der Waals surface area (Å²) in [6, 6.07) is 5.02. The lowest BCUT2D eigenvalue weighted by Gasteiger charge is -2.13. The van der Waals surface area contributed by atoms with Gasteiger partial charge in [-0.2, -0.15) is 0 Å². The number of hydrogen-bond acceptors (Lipinski definition) is 2. The highest BCUT2D eigenvalue weighted by Crippen LogP contribution is 2.30. The maximum absolute atomic E-state index is 10.5. The summed E-state index contributed by atoms with van der Waals surface area (Å²) in [4.78, 5) is 10.5. The van der Waals surface area contributed by atoms with E-state index in [1.54, 1.807) is 0 Å². The van der Waals surface area contributed by atoms with Crippen LogP contribution in [0.2, 0.25) is 0 Å². The van der Waals surface area contributed by atoms with Gasteiger partial charge in [0.1, 0.15) is 0 Å². The van der Waals surface area contributed by atoms with Crippen molar-refractivity contribution >= 4 is 37.8 Å². The van der Waals surface area contributed by atoms with Crippen LogP contribution in [0.1, 0.15) is 18.0 Å². The average Bonchev–Trinajstić information content (AvgIpc) is 2.01. The fraction of sp³-hybridized carbons (Fsp3) is 0.222. The number of rotatable bonds is 3. The van der Waals surface area contributed by atoms with Crippen LogP contribution in [0.3, 0.4) is 0 Å². The van der Waals surface area contributed by atoms with Crippen molar-refractivity contribution in [3.05, 3.63) is 32.7 Å². The van der Waals surface area contributed by atoms with Gasteiger partial charge in [0.05, 0.1) is 6.42 Å². The van der Waals surface area contributed by atoms with E-state index in [1.807, 2.05) is 18.2 Å². The lowest BCUT2D eigenvalue weighted by Crippen LogP contribution is -2.16. The molecule has 0 saturated heterocycles. The standard InChI is InChI=1S/C9H9Br2NO2/c10-5-2-1-3-6(11)9(5)7(12)4-8(13)14/h1-3,7H,4,12H2,(H,13,14). The van der Waals surface area contributed by atoms with Gasteiger partial charge in [0.25, 0.3) is 0 Å². The van der Waals surface area contributed by atoms with Gasteiger partial charge in [0.15, 0.2) is 0 Å². The largest absolute Gasteiger partial charge is 0.481 e. The van der Waals surface area contributed by atoms with Crippen molar-refractivity contribution < 1.29 is 9.90 Å². The minimum Gasteiger partial charge on any atom is -0.481 e. The summed E-state index contributed by atoms with van der Waals surface area (Å²) in [6.45, 7) is 0. The van der Waals surface area contributed by atoms with Crippen molar-refractivity contribution in [1.82, 2.24) is 0 Å². The fourth-order valence-electron chi connectivity index (χ4n) is 1.16. The number of carboxylic acids is 1. The SMILES string of the molecule is NC(CC(=O)O)c1c(Br)cccc1Br. The van der Waals surface area contributed by atoms with Crippen molar-refractivity contribution in [2.45, 2.75) is 12.5 Å². The minimum absolute atomic E-state index is 0.0821. The van der Waals surface area contributed by atoms with Gasteiger partial charge < -0.3 is 10.8 Å². The van der Waals surface area contributed by atoms with E-state index in [0.717, 1.165) is 14.5 Å². The smallest absolute Gasteiger partial charge is 0.305 e. The molecule has 0 aliphatic carbocycles. The molecule has 3 nitrogen and oxygen atoms in total. The van der Waals surface area contributed by atoms with E-state index in [-0.39, 0.29) is 6.42 Å². The molecule has 0 aliphatic rings. The van der Waals surface area contributed by atoms with E-state index in [1.165, 1.54) is 0 Å². The Balaban J connectivity index is 2.99. The van der Waals surface area contributed by atoms with Gasteiger partial charge in [-0.3, -0.25) is 4.79 Å². The summed E-state index contributed by atoms with van der Waals surface area (Å²) in [6.07, 6.45) is -0.0821. The van der Waals surface area contributed by atoms with Crippen LogP contribution in [0.5, 0.6) is 0 Å². The number of carbonyl (C=O) groups is 1. The zero-order chi connectivity index (χ0) is 10.7. The molecule has 1 atom stereocenters. The predicted octanol–water partition coefficient (Wildman–Crippen LogP) is 2.69. The molecule has 0 saturated carbocycles. The molecular weight excluding hydrogens is 314 g/mol. The third-order valence-corrected chi connectivity index (χ3v) is 3.15. The second-order valence-electron chi connectivity index (χ2n) is 2.84. The van der Waals surface area contributed by atoms with Gasteiger partial charge >= 0.3 is 5.97 Å². The molecule has 0 heterocycles. The summed E-state index contributed by atoms with van der Waals surface area (Å²) in [5.74, 6) is -0.903. The van der Waals surface area contributed by atoms with E-state index >= 15 is 0 Å². The molecular formula is C9H9Br2NO2. The maximum atomic E-state index is 10.5. The Morgan fingerprint density at radius 3 is 2.36 bits per heavy atom. The molecule has 1 aromatic carbocycles. The van der Waals surface area contributed by atoms with E-state index in [2.05, 4.69) is 31.9 Å². The zero-order valence-corrected chi connectivity index (χ0v) is 10.4. The van der Waals surface area contributed by atoms with Crippen LogP contribution in [0.4, 0.5) is 0 Å². The first-order valence-electron chi connectivity index (χ1n) is 3.93. The Bertz CT molecular complexity index is 334. The second-order valence-corrected chi connectivity index (χ2v) is 4.55. The van der Waals surface area contributed by atoms with Crippen molar-refractivity contribution in [1.29, 1.82) is 0 Å². The van der Waals surface area contributed by atoms with Crippen molar-refractivity contribution in [2.24, 2.45) is 5.73 Å². The number of carboxylic acid groups (broad SMARTS) is 1. The molecule has 76 valence electrons. The maximum Gasteiger partial charge on any atom is 0.305 e. The van der Waals surface area contributed by atoms with Crippen molar-refractivity contribution in [3.8, 4) is 0 Å². The normalized spacial score (nSPS) is 12.5. The molecule has 1 rings (SSSR count). The van der Waals surface area contributed by atoms with Crippen LogP contribution < -0.4 is 5.73 Å². The van der Waals surface area contributed by atoms with E-state index in [4.69, 9.17) is 10.8 Å². The Labute approximate surface area is 98.6 Å². The predicted molar refractivity (Wildman–Crippen MR) is 61.0 cm³/mol. The second kappa shape index (κ2) is 4.91. The molecule has 5 heteroatoms. The van der Waals surface area contributed by atoms with Gasteiger partial charge in [-0.15, -0.1) is 0 Å². The van der Waals surface area contributed by atoms with Crippen LogP contribution in [0.15, 0.2) is 27.1 Å². The monoisotopic (exact) mass is 321 g/mol. The molecule has 1 unspecified atom stereocenters. The number of hydrogen-bond donors (Lipinski definition) is 2. The highest BCUT2D eigenvalue weighted by molar-refractivity contribution is 9.11. The number of benzene rings is 1. The molecule has 0 bridgehead atoms. The first kappa shape index (κ1) is 11.7. The molecule has 3 N–H and O–H groups in total. The summed E-state index contributed by atoms with van der Waals surface area (Å²) in [5.41, 5.74) is 6.54. The van der Waals surface area contributed by atoms with Crippen LogP contribution in [-0.4, -0.2) is 11.1 Å². The Morgan fingerprint density at radius 1 is 1.43 bits per heavy atom. The highest BCUT2D eigenvalue weighted by Gasteiger charge is 2.16. The molecule has 14 heavy (non-hydrogen) atoms. The Hall–Kier alpha value is -0.390. The first-order chi connectivity index (χ1) is 6.52. The average molecular weight is 323 g/mol. The van der Waals surface area contributed by atoms with Crippen LogP contribution >= 0.6 is 31.9 Å².